The van der Waals surface area contributed by atoms with Crippen molar-refractivity contribution in [2.45, 2.75) is 6.92 Å². The lowest BCUT2D eigenvalue weighted by molar-refractivity contribution is 0.669. The standard InChI is InChI=1S/C46H31N3O/c1-3-4-18-34-29(2)13-10-22-38(34)45-47-44(30-14-6-5-7-15-30)48-46(49-45)39-23-12-20-36-35(19-11-21-37(36)39)33-24-25-42-40(27-33)41-26-31-16-8-9-17-32(31)28-43(41)50-42/h3-28H,1H2,2H3/b18-4-. The fourth-order valence-electron chi connectivity index (χ4n) is 6.98. The summed E-state index contributed by atoms with van der Waals surface area (Å²) in [6.07, 6.45) is 5.80. The summed E-state index contributed by atoms with van der Waals surface area (Å²) in [6, 6.07) is 48.4. The number of rotatable bonds is 6. The molecule has 0 aliphatic heterocycles. The summed E-state index contributed by atoms with van der Waals surface area (Å²) >= 11 is 0. The number of benzene rings is 7. The van der Waals surface area contributed by atoms with Crippen LogP contribution >= 0.6 is 0 Å². The number of nitrogens with zero attached hydrogens (tertiary/aromatic N) is 3. The van der Waals surface area contributed by atoms with Crippen molar-refractivity contribution in [3.05, 3.63) is 169 Å². The Morgan fingerprint density at radius 1 is 0.500 bits per heavy atom. The molecule has 0 aliphatic rings. The summed E-state index contributed by atoms with van der Waals surface area (Å²) in [4.78, 5) is 15.3. The Hall–Kier alpha value is -6.65. The van der Waals surface area contributed by atoms with Crippen molar-refractivity contribution >= 4 is 49.6 Å². The van der Waals surface area contributed by atoms with Crippen molar-refractivity contribution in [1.82, 2.24) is 15.0 Å². The van der Waals surface area contributed by atoms with Gasteiger partial charge in [0.25, 0.3) is 0 Å². The first-order valence-corrected chi connectivity index (χ1v) is 16.7. The van der Waals surface area contributed by atoms with Gasteiger partial charge in [-0.15, -0.1) is 0 Å². The van der Waals surface area contributed by atoms with E-state index in [-0.39, 0.29) is 0 Å². The molecule has 236 valence electrons. The SMILES string of the molecule is C=C/C=C\c1c(C)cccc1-c1nc(-c2ccccc2)nc(-c2cccc3c(-c4ccc5oc6cc7ccccc7cc6c5c4)cccc23)n1. The number of furan rings is 1. The third-order valence-corrected chi connectivity index (χ3v) is 9.44. The minimum absolute atomic E-state index is 0.624. The van der Waals surface area contributed by atoms with E-state index in [2.05, 4.69) is 123 Å². The Labute approximate surface area is 289 Å². The minimum Gasteiger partial charge on any atom is -0.456 e. The van der Waals surface area contributed by atoms with Gasteiger partial charge < -0.3 is 4.42 Å². The van der Waals surface area contributed by atoms with E-state index in [9.17, 15) is 0 Å². The zero-order chi connectivity index (χ0) is 33.6. The molecule has 7 aromatic carbocycles. The molecule has 0 unspecified atom stereocenters. The maximum atomic E-state index is 6.32. The van der Waals surface area contributed by atoms with Gasteiger partial charge in [-0.3, -0.25) is 0 Å². The molecule has 0 N–H and O–H groups in total. The van der Waals surface area contributed by atoms with Crippen molar-refractivity contribution in [2.75, 3.05) is 0 Å². The second-order valence-corrected chi connectivity index (χ2v) is 12.5. The fourth-order valence-corrected chi connectivity index (χ4v) is 6.98. The number of aromatic nitrogens is 3. The Morgan fingerprint density at radius 2 is 1.14 bits per heavy atom. The van der Waals surface area contributed by atoms with E-state index in [1.165, 1.54) is 10.8 Å². The molecule has 9 aromatic rings. The number of allylic oxidation sites excluding steroid dienone is 2. The smallest absolute Gasteiger partial charge is 0.164 e. The summed E-state index contributed by atoms with van der Waals surface area (Å²) in [7, 11) is 0. The fraction of sp³-hybridized carbons (Fsp3) is 0.0217. The van der Waals surface area contributed by atoms with E-state index in [4.69, 9.17) is 19.4 Å². The first kappa shape index (κ1) is 29.5. The Kier molecular flexibility index (Phi) is 7.14. The number of hydrogen-bond acceptors (Lipinski definition) is 4. The van der Waals surface area contributed by atoms with Crippen LogP contribution in [0.15, 0.2) is 163 Å². The molecular weight excluding hydrogens is 611 g/mol. The van der Waals surface area contributed by atoms with Crippen molar-refractivity contribution in [2.24, 2.45) is 0 Å². The molecule has 0 saturated heterocycles. The van der Waals surface area contributed by atoms with E-state index >= 15 is 0 Å². The number of fused-ring (bicyclic) bond motifs is 5. The molecule has 0 spiro atoms. The topological polar surface area (TPSA) is 51.8 Å². The second-order valence-electron chi connectivity index (χ2n) is 12.5. The molecule has 0 fully saturated rings. The average molecular weight is 642 g/mol. The first-order chi connectivity index (χ1) is 24.6. The van der Waals surface area contributed by atoms with Gasteiger partial charge in [-0.05, 0) is 75.0 Å². The van der Waals surface area contributed by atoms with Crippen LogP contribution in [0.5, 0.6) is 0 Å². The van der Waals surface area contributed by atoms with Crippen LogP contribution in [0.4, 0.5) is 0 Å². The van der Waals surface area contributed by atoms with Crippen LogP contribution in [0.1, 0.15) is 11.1 Å². The minimum atomic E-state index is 0.624. The van der Waals surface area contributed by atoms with Crippen LogP contribution in [-0.4, -0.2) is 15.0 Å². The highest BCUT2D eigenvalue weighted by Crippen LogP contribution is 2.39. The van der Waals surface area contributed by atoms with Crippen molar-refractivity contribution < 1.29 is 4.42 Å². The van der Waals surface area contributed by atoms with Gasteiger partial charge in [0.1, 0.15) is 11.2 Å². The predicted octanol–water partition coefficient (Wildman–Crippen LogP) is 12.3. The second kappa shape index (κ2) is 12.1. The van der Waals surface area contributed by atoms with Crippen molar-refractivity contribution in [3.63, 3.8) is 0 Å². The summed E-state index contributed by atoms with van der Waals surface area (Å²) in [5.74, 6) is 1.88. The third kappa shape index (κ3) is 5.06. The molecule has 4 nitrogen and oxygen atoms in total. The molecule has 0 radical (unpaired) electrons. The predicted molar refractivity (Wildman–Crippen MR) is 208 cm³/mol. The van der Waals surface area contributed by atoms with Crippen molar-refractivity contribution in [3.8, 4) is 45.3 Å². The van der Waals surface area contributed by atoms with E-state index < -0.39 is 0 Å². The van der Waals surface area contributed by atoms with Crippen LogP contribution in [0.25, 0.3) is 94.8 Å². The summed E-state index contributed by atoms with van der Waals surface area (Å²) in [6.45, 7) is 5.98. The molecule has 2 heterocycles. The Bertz CT molecular complexity index is 2790. The third-order valence-electron chi connectivity index (χ3n) is 9.44. The summed E-state index contributed by atoms with van der Waals surface area (Å²) in [5, 5.41) is 6.78. The normalized spacial score (nSPS) is 11.7. The maximum absolute atomic E-state index is 6.32. The van der Waals surface area contributed by atoms with E-state index in [0.29, 0.717) is 17.5 Å². The monoisotopic (exact) mass is 641 g/mol. The lowest BCUT2D eigenvalue weighted by atomic mass is 9.94. The highest BCUT2D eigenvalue weighted by Gasteiger charge is 2.18. The summed E-state index contributed by atoms with van der Waals surface area (Å²) in [5.41, 5.74) is 9.04. The highest BCUT2D eigenvalue weighted by molar-refractivity contribution is 6.12. The quantitative estimate of drug-likeness (QED) is 0.170. The van der Waals surface area contributed by atoms with Gasteiger partial charge in [0.15, 0.2) is 17.5 Å². The lowest BCUT2D eigenvalue weighted by Crippen LogP contribution is -2.02. The number of hydrogen-bond donors (Lipinski definition) is 0. The van der Waals surface area contributed by atoms with E-state index in [1.807, 2.05) is 42.5 Å². The van der Waals surface area contributed by atoms with Crippen LogP contribution < -0.4 is 0 Å². The maximum Gasteiger partial charge on any atom is 0.164 e. The molecular formula is C46H31N3O. The molecule has 0 amide bonds. The van der Waals surface area contributed by atoms with Gasteiger partial charge in [0.2, 0.25) is 0 Å². The van der Waals surface area contributed by atoms with Crippen LogP contribution in [0, 0.1) is 6.92 Å². The zero-order valence-electron chi connectivity index (χ0n) is 27.5. The van der Waals surface area contributed by atoms with E-state index in [0.717, 1.165) is 71.7 Å². The molecule has 2 aromatic heterocycles. The van der Waals surface area contributed by atoms with Gasteiger partial charge in [0, 0.05) is 27.5 Å². The Balaban J connectivity index is 1.23. The van der Waals surface area contributed by atoms with Crippen LogP contribution in [0.2, 0.25) is 0 Å². The highest BCUT2D eigenvalue weighted by atomic mass is 16.3. The lowest BCUT2D eigenvalue weighted by Gasteiger charge is -2.14. The van der Waals surface area contributed by atoms with Crippen LogP contribution in [-0.2, 0) is 0 Å². The van der Waals surface area contributed by atoms with E-state index in [1.54, 1.807) is 6.08 Å². The van der Waals surface area contributed by atoms with Gasteiger partial charge in [-0.1, -0.05) is 140 Å². The molecule has 0 saturated carbocycles. The number of aryl methyl sites for hydroxylation is 1. The average Bonchev–Trinajstić information content (AvgIpc) is 3.52. The van der Waals surface area contributed by atoms with Gasteiger partial charge in [-0.25, -0.2) is 15.0 Å². The zero-order valence-corrected chi connectivity index (χ0v) is 27.5. The van der Waals surface area contributed by atoms with Crippen LogP contribution in [0.3, 0.4) is 0 Å². The molecule has 0 bridgehead atoms. The van der Waals surface area contributed by atoms with Gasteiger partial charge in [0.05, 0.1) is 0 Å². The molecule has 50 heavy (non-hydrogen) atoms. The molecule has 9 rings (SSSR count). The molecule has 0 atom stereocenters. The molecule has 4 heteroatoms. The Morgan fingerprint density at radius 3 is 1.94 bits per heavy atom. The summed E-state index contributed by atoms with van der Waals surface area (Å²) < 4.78 is 6.32. The van der Waals surface area contributed by atoms with Gasteiger partial charge >= 0.3 is 0 Å². The van der Waals surface area contributed by atoms with Gasteiger partial charge in [-0.2, -0.15) is 0 Å². The largest absolute Gasteiger partial charge is 0.456 e. The first-order valence-electron chi connectivity index (χ1n) is 16.7. The van der Waals surface area contributed by atoms with Crippen molar-refractivity contribution in [1.29, 1.82) is 0 Å². The molecule has 0 aliphatic carbocycles.